The molecule has 38 heavy (non-hydrogen) atoms. The third-order valence-corrected chi connectivity index (χ3v) is 11.0. The van der Waals surface area contributed by atoms with Crippen molar-refractivity contribution in [3.63, 3.8) is 0 Å². The molecule has 4 saturated carbocycles. The molecule has 11 heteroatoms. The van der Waals surface area contributed by atoms with Gasteiger partial charge in [-0.3, -0.25) is 4.79 Å². The first-order chi connectivity index (χ1) is 17.9. The Morgan fingerprint density at radius 2 is 1.79 bits per heavy atom. The Kier molecular flexibility index (Phi) is 7.48. The third kappa shape index (κ3) is 4.08. The van der Waals surface area contributed by atoms with E-state index in [-0.39, 0.29) is 29.8 Å². The minimum Gasteiger partial charge on any atom is -0.459 e. The maximum Gasteiger partial charge on any atom is 0.303 e. The second kappa shape index (κ2) is 10.0. The highest BCUT2D eigenvalue weighted by Gasteiger charge is 2.73. The van der Waals surface area contributed by atoms with Crippen LogP contribution in [0, 0.1) is 34.5 Å². The molecular weight excluding hydrogens is 500 g/mol. The summed E-state index contributed by atoms with van der Waals surface area (Å²) in [6.07, 6.45) is -3.38. The van der Waals surface area contributed by atoms with Crippen molar-refractivity contribution in [1.29, 1.82) is 0 Å². The fraction of sp³-hybridized carbons (Fsp3) is 0.926. The standard InChI is InChI=1S/C27H42O11/c1-13(30)37-24-26-8-5-16-15(10-28)17(31)6-7-25(16,2)19(26)4-3-14(9-26)27(24,35)12-36-23-22(34)21(33)20(32)18(11-29)38-23/h10,14-24,29,31-35H,3-9,11-12H2,1-2H3/t14-,15-,16-,17-,18-,19+,20-,21+,22-,23-,24-,25-,26-,27+/m1/s1. The summed E-state index contributed by atoms with van der Waals surface area (Å²) in [7, 11) is 0. The summed E-state index contributed by atoms with van der Waals surface area (Å²) in [5.74, 6) is -1.16. The molecule has 0 unspecified atom stereocenters. The molecular formula is C27H42O11. The number of carbonyl (C=O) groups is 2. The average molecular weight is 543 g/mol. The summed E-state index contributed by atoms with van der Waals surface area (Å²) in [5.41, 5.74) is -2.40. The first-order valence-corrected chi connectivity index (χ1v) is 13.9. The van der Waals surface area contributed by atoms with Crippen LogP contribution in [0.15, 0.2) is 0 Å². The van der Waals surface area contributed by atoms with E-state index < -0.39 is 72.4 Å². The van der Waals surface area contributed by atoms with Crippen molar-refractivity contribution in [2.24, 2.45) is 34.5 Å². The molecule has 1 spiro atoms. The second-order valence-corrected chi connectivity index (χ2v) is 12.7. The number of aliphatic hydroxyl groups excluding tert-OH is 5. The normalized spacial score (nSPS) is 54.1. The molecule has 0 radical (unpaired) electrons. The molecule has 216 valence electrons. The molecule has 0 aromatic heterocycles. The van der Waals surface area contributed by atoms with Crippen LogP contribution in [0.4, 0.5) is 0 Å². The Hall–Kier alpha value is -1.18. The minimum atomic E-state index is -1.61. The van der Waals surface area contributed by atoms with E-state index in [1.54, 1.807) is 0 Å². The molecule has 2 bridgehead atoms. The van der Waals surface area contributed by atoms with Crippen molar-refractivity contribution in [2.45, 2.75) is 107 Å². The summed E-state index contributed by atoms with van der Waals surface area (Å²) in [6.45, 7) is 2.54. The first kappa shape index (κ1) is 28.4. The highest BCUT2D eigenvalue weighted by molar-refractivity contribution is 5.66. The van der Waals surface area contributed by atoms with E-state index in [0.717, 1.165) is 19.1 Å². The van der Waals surface area contributed by atoms with E-state index in [4.69, 9.17) is 14.2 Å². The Labute approximate surface area is 222 Å². The van der Waals surface area contributed by atoms with Gasteiger partial charge in [-0.25, -0.2) is 0 Å². The Morgan fingerprint density at radius 1 is 1.05 bits per heavy atom. The number of hydrogen-bond donors (Lipinski definition) is 6. The van der Waals surface area contributed by atoms with Gasteiger partial charge in [-0.15, -0.1) is 0 Å². The SMILES string of the molecule is CC(=O)O[C@H]1[C@](O)(CO[C@@H]2O[C@H](CO)[C@@H](O)[C@H](O)[C@H]2O)[C@@H]2CC[C@H]3[C@]4(C)CC[C@@H](O)[C@H](C=O)[C@H]4CC[C@@]31C2. The molecule has 0 aromatic rings. The lowest BCUT2D eigenvalue weighted by atomic mass is 9.43. The lowest BCUT2D eigenvalue weighted by Crippen LogP contribution is -2.62. The smallest absolute Gasteiger partial charge is 0.303 e. The van der Waals surface area contributed by atoms with Crippen molar-refractivity contribution in [2.75, 3.05) is 13.2 Å². The summed E-state index contributed by atoms with van der Waals surface area (Å²) >= 11 is 0. The quantitative estimate of drug-likeness (QED) is 0.184. The lowest BCUT2D eigenvalue weighted by molar-refractivity contribution is -0.313. The predicted octanol–water partition coefficient (Wildman–Crippen LogP) is -0.732. The van der Waals surface area contributed by atoms with E-state index in [2.05, 4.69) is 6.92 Å². The summed E-state index contributed by atoms with van der Waals surface area (Å²) < 4.78 is 17.2. The lowest BCUT2D eigenvalue weighted by Gasteiger charge is -2.62. The van der Waals surface area contributed by atoms with Crippen molar-refractivity contribution in [3.8, 4) is 0 Å². The molecule has 6 N–H and O–H groups in total. The van der Waals surface area contributed by atoms with E-state index in [0.29, 0.717) is 32.1 Å². The second-order valence-electron chi connectivity index (χ2n) is 12.7. The topological polar surface area (TPSA) is 183 Å². The molecule has 5 aliphatic rings. The number of carbonyl (C=O) groups excluding carboxylic acids is 2. The van der Waals surface area contributed by atoms with E-state index in [1.165, 1.54) is 6.92 Å². The maximum absolute atomic E-state index is 12.4. The van der Waals surface area contributed by atoms with Crippen molar-refractivity contribution < 1.29 is 54.4 Å². The van der Waals surface area contributed by atoms with Gasteiger partial charge in [-0.05, 0) is 68.1 Å². The zero-order chi connectivity index (χ0) is 27.6. The minimum absolute atomic E-state index is 0.00737. The fourth-order valence-corrected chi connectivity index (χ4v) is 9.29. The number of rotatable bonds is 6. The Bertz CT molecular complexity index is 913. The van der Waals surface area contributed by atoms with Crippen LogP contribution in [-0.4, -0.2) is 105 Å². The molecule has 0 aromatic carbocycles. The average Bonchev–Trinajstić information content (AvgIpc) is 3.05. The third-order valence-electron chi connectivity index (χ3n) is 11.0. The largest absolute Gasteiger partial charge is 0.459 e. The van der Waals surface area contributed by atoms with Crippen LogP contribution >= 0.6 is 0 Å². The molecule has 1 aliphatic heterocycles. The van der Waals surface area contributed by atoms with E-state index in [1.807, 2.05) is 0 Å². The molecule has 1 saturated heterocycles. The van der Waals surface area contributed by atoms with Crippen LogP contribution in [0.5, 0.6) is 0 Å². The van der Waals surface area contributed by atoms with Crippen LogP contribution < -0.4 is 0 Å². The zero-order valence-electron chi connectivity index (χ0n) is 22.0. The van der Waals surface area contributed by atoms with Gasteiger partial charge in [0, 0.05) is 18.3 Å². The van der Waals surface area contributed by atoms with Crippen molar-refractivity contribution in [1.82, 2.24) is 0 Å². The molecule has 1 heterocycles. The number of ether oxygens (including phenoxy) is 3. The van der Waals surface area contributed by atoms with Gasteiger partial charge in [0.2, 0.25) is 0 Å². The first-order valence-electron chi connectivity index (χ1n) is 13.9. The van der Waals surface area contributed by atoms with Gasteiger partial charge >= 0.3 is 5.97 Å². The highest BCUT2D eigenvalue weighted by atomic mass is 16.7. The van der Waals surface area contributed by atoms with Gasteiger partial charge in [0.15, 0.2) is 6.29 Å². The number of hydrogen-bond acceptors (Lipinski definition) is 11. The summed E-state index contributed by atoms with van der Waals surface area (Å²) in [4.78, 5) is 24.3. The zero-order valence-corrected chi connectivity index (χ0v) is 22.0. The van der Waals surface area contributed by atoms with Crippen LogP contribution in [0.25, 0.3) is 0 Å². The number of aliphatic hydroxyl groups is 6. The Morgan fingerprint density at radius 3 is 2.45 bits per heavy atom. The molecule has 14 atom stereocenters. The Balaban J connectivity index is 1.44. The van der Waals surface area contributed by atoms with Gasteiger partial charge < -0.3 is 49.6 Å². The van der Waals surface area contributed by atoms with Gasteiger partial charge in [0.25, 0.3) is 0 Å². The van der Waals surface area contributed by atoms with Crippen molar-refractivity contribution >= 4 is 12.3 Å². The van der Waals surface area contributed by atoms with Gasteiger partial charge in [0.05, 0.1) is 19.3 Å². The van der Waals surface area contributed by atoms with E-state index in [9.17, 15) is 40.2 Å². The number of esters is 1. The fourth-order valence-electron chi connectivity index (χ4n) is 9.29. The molecule has 4 aliphatic carbocycles. The monoisotopic (exact) mass is 542 g/mol. The molecule has 5 fully saturated rings. The van der Waals surface area contributed by atoms with Gasteiger partial charge in [-0.2, -0.15) is 0 Å². The van der Waals surface area contributed by atoms with Crippen LogP contribution in [0.3, 0.4) is 0 Å². The van der Waals surface area contributed by atoms with Crippen LogP contribution in [0.1, 0.15) is 58.8 Å². The molecule has 0 amide bonds. The van der Waals surface area contributed by atoms with Crippen LogP contribution in [-0.2, 0) is 23.8 Å². The highest BCUT2D eigenvalue weighted by Crippen LogP contribution is 2.72. The van der Waals surface area contributed by atoms with Gasteiger partial charge in [-0.1, -0.05) is 6.92 Å². The van der Waals surface area contributed by atoms with Crippen LogP contribution in [0.2, 0.25) is 0 Å². The van der Waals surface area contributed by atoms with Gasteiger partial charge in [0.1, 0.15) is 42.4 Å². The maximum atomic E-state index is 12.4. The van der Waals surface area contributed by atoms with E-state index >= 15 is 0 Å². The molecule has 5 rings (SSSR count). The number of fused-ring (bicyclic) bond motifs is 3. The summed E-state index contributed by atoms with van der Waals surface area (Å²) in [5, 5.41) is 62.9. The predicted molar refractivity (Wildman–Crippen MR) is 129 cm³/mol. The molecule has 11 nitrogen and oxygen atoms in total. The summed E-state index contributed by atoms with van der Waals surface area (Å²) in [6, 6.07) is 0. The van der Waals surface area contributed by atoms with Crippen molar-refractivity contribution in [3.05, 3.63) is 0 Å². The number of aldehydes is 1.